The Morgan fingerprint density at radius 3 is 3.17 bits per heavy atom. The number of rotatable bonds is 5. The van der Waals surface area contributed by atoms with Crippen LogP contribution in [0, 0.1) is 0 Å². The fraction of sp³-hybridized carbons (Fsp3) is 0.562. The van der Waals surface area contributed by atoms with Crippen molar-refractivity contribution in [2.75, 3.05) is 26.4 Å². The molecule has 0 amide bonds. The summed E-state index contributed by atoms with van der Waals surface area (Å²) >= 11 is 3.49. The average Bonchev–Trinajstić information content (AvgIpc) is 3.19. The Kier molecular flexibility index (Phi) is 5.27. The second-order valence-electron chi connectivity index (χ2n) is 5.82. The molecular weight excluding hydrogens is 360 g/mol. The van der Waals surface area contributed by atoms with E-state index >= 15 is 0 Å². The number of hydrogen-bond donors (Lipinski definition) is 2. The van der Waals surface area contributed by atoms with Crippen LogP contribution in [-0.2, 0) is 6.54 Å². The summed E-state index contributed by atoms with van der Waals surface area (Å²) in [5.74, 6) is 1.99. The van der Waals surface area contributed by atoms with Crippen LogP contribution in [0.3, 0.4) is 0 Å². The molecule has 126 valence electrons. The molecule has 0 aromatic heterocycles. The highest BCUT2D eigenvalue weighted by atomic mass is 79.9. The zero-order chi connectivity index (χ0) is 16.2. The van der Waals surface area contributed by atoms with Gasteiger partial charge < -0.3 is 20.5 Å². The topological polar surface area (TPSA) is 72.1 Å². The van der Waals surface area contributed by atoms with Crippen LogP contribution in [0.4, 0.5) is 0 Å². The molecule has 0 aliphatic carbocycles. The Hall–Kier alpha value is -1.47. The lowest BCUT2D eigenvalue weighted by molar-refractivity contribution is 0.173. The van der Waals surface area contributed by atoms with Gasteiger partial charge in [0.2, 0.25) is 6.79 Å². The molecular formula is C16H23BrN4O2. The Bertz CT molecular complexity index is 594. The average molecular weight is 383 g/mol. The number of hydrogen-bond acceptors (Lipinski definition) is 4. The Labute approximate surface area is 145 Å². The first-order valence-electron chi connectivity index (χ1n) is 8.03. The van der Waals surface area contributed by atoms with E-state index in [9.17, 15) is 0 Å². The molecule has 1 fully saturated rings. The summed E-state index contributed by atoms with van der Waals surface area (Å²) in [6.07, 6.45) is 2.49. The van der Waals surface area contributed by atoms with Gasteiger partial charge in [0.05, 0.1) is 11.0 Å². The lowest BCUT2D eigenvalue weighted by Gasteiger charge is -2.23. The van der Waals surface area contributed by atoms with Crippen molar-refractivity contribution in [3.05, 3.63) is 22.2 Å². The maximum absolute atomic E-state index is 5.99. The van der Waals surface area contributed by atoms with Crippen molar-refractivity contribution >= 4 is 21.9 Å². The largest absolute Gasteiger partial charge is 0.454 e. The molecule has 7 heteroatoms. The van der Waals surface area contributed by atoms with Crippen molar-refractivity contribution in [2.24, 2.45) is 10.7 Å². The van der Waals surface area contributed by atoms with E-state index in [1.54, 1.807) is 0 Å². The molecule has 1 saturated heterocycles. The molecule has 2 heterocycles. The quantitative estimate of drug-likeness (QED) is 0.602. The number of benzene rings is 1. The maximum Gasteiger partial charge on any atom is 0.231 e. The van der Waals surface area contributed by atoms with E-state index in [0.717, 1.165) is 34.6 Å². The molecule has 3 rings (SSSR count). The first kappa shape index (κ1) is 16.4. The van der Waals surface area contributed by atoms with Gasteiger partial charge in [-0.2, -0.15) is 0 Å². The zero-order valence-corrected chi connectivity index (χ0v) is 14.9. The molecule has 0 bridgehead atoms. The van der Waals surface area contributed by atoms with E-state index in [0.29, 0.717) is 18.5 Å². The summed E-state index contributed by atoms with van der Waals surface area (Å²) in [5, 5.41) is 3.24. The van der Waals surface area contributed by atoms with Crippen LogP contribution < -0.4 is 20.5 Å². The highest BCUT2D eigenvalue weighted by Crippen LogP contribution is 2.40. The van der Waals surface area contributed by atoms with Crippen molar-refractivity contribution in [2.45, 2.75) is 32.4 Å². The molecule has 1 aromatic rings. The minimum atomic E-state index is 0.264. The monoisotopic (exact) mass is 382 g/mol. The molecule has 6 nitrogen and oxygen atoms in total. The molecule has 1 aromatic carbocycles. The number of nitrogens with zero attached hydrogens (tertiary/aromatic N) is 2. The first-order valence-corrected chi connectivity index (χ1v) is 8.82. The van der Waals surface area contributed by atoms with E-state index < -0.39 is 0 Å². The number of fused-ring (bicyclic) bond motifs is 1. The van der Waals surface area contributed by atoms with Crippen LogP contribution in [0.1, 0.15) is 25.3 Å². The van der Waals surface area contributed by atoms with Gasteiger partial charge in [-0.15, -0.1) is 0 Å². The Morgan fingerprint density at radius 2 is 2.35 bits per heavy atom. The van der Waals surface area contributed by atoms with E-state index in [4.69, 9.17) is 15.2 Å². The van der Waals surface area contributed by atoms with Crippen LogP contribution in [0.2, 0.25) is 0 Å². The number of aliphatic imine (C=N–C) groups is 1. The Morgan fingerprint density at radius 1 is 1.48 bits per heavy atom. The second kappa shape index (κ2) is 7.40. The Balaban J connectivity index is 1.54. The minimum Gasteiger partial charge on any atom is -0.454 e. The third-order valence-corrected chi connectivity index (χ3v) is 4.93. The number of likely N-dealkylation sites (tertiary alicyclic amines) is 1. The molecule has 0 spiro atoms. The van der Waals surface area contributed by atoms with Crippen molar-refractivity contribution in [3.63, 3.8) is 0 Å². The van der Waals surface area contributed by atoms with Crippen LogP contribution in [0.5, 0.6) is 11.5 Å². The van der Waals surface area contributed by atoms with Gasteiger partial charge in [-0.05, 0) is 59.6 Å². The molecule has 1 unspecified atom stereocenters. The van der Waals surface area contributed by atoms with E-state index in [1.807, 2.05) is 12.1 Å². The van der Waals surface area contributed by atoms with E-state index in [-0.39, 0.29) is 6.79 Å². The van der Waals surface area contributed by atoms with Gasteiger partial charge in [0.1, 0.15) is 0 Å². The van der Waals surface area contributed by atoms with Crippen LogP contribution >= 0.6 is 15.9 Å². The third kappa shape index (κ3) is 3.90. The molecule has 0 radical (unpaired) electrons. The molecule has 23 heavy (non-hydrogen) atoms. The minimum absolute atomic E-state index is 0.264. The van der Waals surface area contributed by atoms with Crippen molar-refractivity contribution < 1.29 is 9.47 Å². The van der Waals surface area contributed by atoms with Crippen LogP contribution in [0.15, 0.2) is 21.6 Å². The first-order chi connectivity index (χ1) is 11.2. The van der Waals surface area contributed by atoms with Crippen LogP contribution in [-0.4, -0.2) is 43.3 Å². The van der Waals surface area contributed by atoms with Crippen LogP contribution in [0.25, 0.3) is 0 Å². The highest BCUT2D eigenvalue weighted by molar-refractivity contribution is 9.10. The standard InChI is InChI=1S/C16H23BrN4O2/c1-2-21-5-3-4-12(21)9-20-16(18)19-8-11-6-13(17)15-14(7-11)22-10-23-15/h6-7,12H,2-5,8-10H2,1H3,(H3,18,19,20). The SMILES string of the molecule is CCN1CCCC1CNC(N)=NCc1cc(Br)c2c(c1)OCO2. The van der Waals surface area contributed by atoms with Crippen molar-refractivity contribution in [1.82, 2.24) is 10.2 Å². The van der Waals surface area contributed by atoms with E-state index in [1.165, 1.54) is 19.4 Å². The van der Waals surface area contributed by atoms with E-state index in [2.05, 4.69) is 38.1 Å². The van der Waals surface area contributed by atoms with Crippen molar-refractivity contribution in [3.8, 4) is 11.5 Å². The smallest absolute Gasteiger partial charge is 0.231 e. The van der Waals surface area contributed by atoms with Gasteiger partial charge in [-0.3, -0.25) is 4.90 Å². The number of halogens is 1. The zero-order valence-electron chi connectivity index (χ0n) is 13.3. The number of nitrogens with one attached hydrogen (secondary N) is 1. The summed E-state index contributed by atoms with van der Waals surface area (Å²) in [4.78, 5) is 6.90. The highest BCUT2D eigenvalue weighted by Gasteiger charge is 2.22. The third-order valence-electron chi connectivity index (χ3n) is 4.34. The molecule has 2 aliphatic heterocycles. The predicted molar refractivity (Wildman–Crippen MR) is 93.9 cm³/mol. The summed E-state index contributed by atoms with van der Waals surface area (Å²) in [5.41, 5.74) is 7.02. The number of nitrogens with two attached hydrogens (primary N) is 1. The van der Waals surface area contributed by atoms with Crippen molar-refractivity contribution in [1.29, 1.82) is 0 Å². The summed E-state index contributed by atoms with van der Waals surface area (Å²) in [6.45, 7) is 6.11. The summed E-state index contributed by atoms with van der Waals surface area (Å²) in [6, 6.07) is 4.49. The number of likely N-dealkylation sites (N-methyl/N-ethyl adjacent to an activating group) is 1. The van der Waals surface area contributed by atoms with Gasteiger partial charge in [-0.1, -0.05) is 6.92 Å². The lowest BCUT2D eigenvalue weighted by Crippen LogP contribution is -2.42. The second-order valence-corrected chi connectivity index (χ2v) is 6.67. The van der Waals surface area contributed by atoms with Gasteiger partial charge in [0.25, 0.3) is 0 Å². The summed E-state index contributed by atoms with van der Waals surface area (Å²) in [7, 11) is 0. The fourth-order valence-corrected chi connectivity index (χ4v) is 3.71. The predicted octanol–water partition coefficient (Wildman–Crippen LogP) is 2.07. The van der Waals surface area contributed by atoms with Gasteiger partial charge in [-0.25, -0.2) is 4.99 Å². The number of guanidine groups is 1. The fourth-order valence-electron chi connectivity index (χ4n) is 3.11. The lowest BCUT2D eigenvalue weighted by atomic mass is 10.2. The maximum atomic E-state index is 5.99. The summed E-state index contributed by atoms with van der Waals surface area (Å²) < 4.78 is 11.7. The van der Waals surface area contributed by atoms with Gasteiger partial charge >= 0.3 is 0 Å². The molecule has 3 N–H and O–H groups in total. The van der Waals surface area contributed by atoms with Gasteiger partial charge in [0.15, 0.2) is 17.5 Å². The molecule has 1 atom stereocenters. The normalized spacial score (nSPS) is 21.0. The number of ether oxygens (including phenoxy) is 2. The molecule has 2 aliphatic rings. The van der Waals surface area contributed by atoms with Gasteiger partial charge in [0, 0.05) is 12.6 Å². The molecule has 0 saturated carbocycles.